The molecule has 0 N–H and O–H groups in total. The maximum atomic E-state index is 11.9. The van der Waals surface area contributed by atoms with Gasteiger partial charge >= 0.3 is 0 Å². The first kappa shape index (κ1) is 14.5. The quantitative estimate of drug-likeness (QED) is 0.800. The summed E-state index contributed by atoms with van der Waals surface area (Å²) in [6, 6.07) is 8.06. The maximum absolute atomic E-state index is 11.9. The second kappa shape index (κ2) is 6.56. The molecule has 0 radical (unpaired) electrons. The van der Waals surface area contributed by atoms with Crippen molar-refractivity contribution in [2.24, 2.45) is 4.99 Å². The highest BCUT2D eigenvalue weighted by Crippen LogP contribution is 2.21. The third-order valence-electron chi connectivity index (χ3n) is 3.96. The number of hydrogen-bond donors (Lipinski definition) is 0. The SMILES string of the molecule is O=CC1=CN=CN(Cc2ccc(N3CCCCC3=O)cc2)C1. The molecule has 1 saturated heterocycles. The molecule has 2 aliphatic rings. The largest absolute Gasteiger partial charge is 0.354 e. The van der Waals surface area contributed by atoms with E-state index >= 15 is 0 Å². The number of nitrogens with zero attached hydrogens (tertiary/aromatic N) is 3. The lowest BCUT2D eigenvalue weighted by Gasteiger charge is -2.27. The number of carbonyl (C=O) groups is 2. The Morgan fingerprint density at radius 2 is 2.00 bits per heavy atom. The molecule has 0 atom stereocenters. The van der Waals surface area contributed by atoms with Gasteiger partial charge in [-0.25, -0.2) is 4.99 Å². The molecule has 3 rings (SSSR count). The topological polar surface area (TPSA) is 53.0 Å². The molecule has 0 aliphatic carbocycles. The molecule has 5 heteroatoms. The van der Waals surface area contributed by atoms with E-state index in [0.717, 1.165) is 36.9 Å². The van der Waals surface area contributed by atoms with E-state index in [-0.39, 0.29) is 5.91 Å². The van der Waals surface area contributed by atoms with Gasteiger partial charge in [0.2, 0.25) is 5.91 Å². The van der Waals surface area contributed by atoms with Gasteiger partial charge in [-0.15, -0.1) is 0 Å². The van der Waals surface area contributed by atoms with Crippen LogP contribution in [0.1, 0.15) is 24.8 Å². The summed E-state index contributed by atoms with van der Waals surface area (Å²) in [5.74, 6) is 0.211. The fourth-order valence-electron chi connectivity index (χ4n) is 2.80. The molecule has 1 aromatic rings. The Morgan fingerprint density at radius 1 is 1.18 bits per heavy atom. The number of rotatable bonds is 4. The zero-order valence-corrected chi connectivity index (χ0v) is 12.4. The highest BCUT2D eigenvalue weighted by atomic mass is 16.2. The molecule has 22 heavy (non-hydrogen) atoms. The molecule has 2 aliphatic heterocycles. The maximum Gasteiger partial charge on any atom is 0.226 e. The van der Waals surface area contributed by atoms with Gasteiger partial charge in [-0.1, -0.05) is 12.1 Å². The van der Waals surface area contributed by atoms with E-state index in [0.29, 0.717) is 25.1 Å². The highest BCUT2D eigenvalue weighted by Gasteiger charge is 2.19. The van der Waals surface area contributed by atoms with Gasteiger partial charge in [0, 0.05) is 43.5 Å². The van der Waals surface area contributed by atoms with E-state index in [2.05, 4.69) is 4.99 Å². The molecule has 0 aromatic heterocycles. The Bertz CT molecular complexity index is 619. The third kappa shape index (κ3) is 3.24. The lowest BCUT2D eigenvalue weighted by molar-refractivity contribution is -0.119. The van der Waals surface area contributed by atoms with E-state index in [9.17, 15) is 9.59 Å². The molecule has 0 saturated carbocycles. The number of benzene rings is 1. The Hall–Kier alpha value is -2.43. The van der Waals surface area contributed by atoms with Crippen molar-refractivity contribution in [2.75, 3.05) is 18.0 Å². The van der Waals surface area contributed by atoms with Crippen LogP contribution in [0.4, 0.5) is 5.69 Å². The number of hydrogen-bond acceptors (Lipinski definition) is 4. The molecular weight excluding hydrogens is 278 g/mol. The number of piperidine rings is 1. The average Bonchev–Trinajstić information content (AvgIpc) is 2.56. The molecule has 0 unspecified atom stereocenters. The van der Waals surface area contributed by atoms with E-state index in [1.54, 1.807) is 12.5 Å². The van der Waals surface area contributed by atoms with Crippen LogP contribution < -0.4 is 4.90 Å². The van der Waals surface area contributed by atoms with Crippen molar-refractivity contribution >= 4 is 24.2 Å². The molecule has 1 amide bonds. The van der Waals surface area contributed by atoms with Crippen LogP contribution in [-0.4, -0.2) is 36.5 Å². The van der Waals surface area contributed by atoms with Gasteiger partial charge in [0.25, 0.3) is 0 Å². The summed E-state index contributed by atoms with van der Waals surface area (Å²) in [4.78, 5) is 30.6. The number of carbonyl (C=O) groups excluding carboxylic acids is 2. The first-order valence-electron chi connectivity index (χ1n) is 7.57. The van der Waals surface area contributed by atoms with Gasteiger partial charge < -0.3 is 9.80 Å². The van der Waals surface area contributed by atoms with Crippen LogP contribution in [0, 0.1) is 0 Å². The average molecular weight is 297 g/mol. The minimum absolute atomic E-state index is 0.211. The summed E-state index contributed by atoms with van der Waals surface area (Å²) >= 11 is 0. The monoisotopic (exact) mass is 297 g/mol. The van der Waals surface area contributed by atoms with Crippen molar-refractivity contribution in [1.82, 2.24) is 4.90 Å². The van der Waals surface area contributed by atoms with Crippen LogP contribution in [0.2, 0.25) is 0 Å². The van der Waals surface area contributed by atoms with Crippen molar-refractivity contribution in [1.29, 1.82) is 0 Å². The highest BCUT2D eigenvalue weighted by molar-refractivity contribution is 5.93. The molecule has 2 heterocycles. The summed E-state index contributed by atoms with van der Waals surface area (Å²) in [6.45, 7) is 2.09. The minimum atomic E-state index is 0.211. The fraction of sp³-hybridized carbons (Fsp3) is 0.353. The molecule has 5 nitrogen and oxygen atoms in total. The van der Waals surface area contributed by atoms with Crippen LogP contribution >= 0.6 is 0 Å². The predicted octanol–water partition coefficient (Wildman–Crippen LogP) is 2.13. The summed E-state index contributed by atoms with van der Waals surface area (Å²) in [5, 5.41) is 0. The smallest absolute Gasteiger partial charge is 0.226 e. The van der Waals surface area contributed by atoms with Crippen molar-refractivity contribution in [3.8, 4) is 0 Å². The lowest BCUT2D eigenvalue weighted by atomic mass is 10.1. The summed E-state index contributed by atoms with van der Waals surface area (Å²) < 4.78 is 0. The van der Waals surface area contributed by atoms with Gasteiger partial charge in [0.05, 0.1) is 6.34 Å². The van der Waals surface area contributed by atoms with E-state index < -0.39 is 0 Å². The number of aliphatic imine (C=N–C) groups is 1. The normalized spacial score (nSPS) is 18.4. The van der Waals surface area contributed by atoms with Crippen LogP contribution in [0.5, 0.6) is 0 Å². The minimum Gasteiger partial charge on any atom is -0.354 e. The van der Waals surface area contributed by atoms with Crippen molar-refractivity contribution in [3.05, 3.63) is 41.6 Å². The Morgan fingerprint density at radius 3 is 2.73 bits per heavy atom. The first-order chi connectivity index (χ1) is 10.8. The molecule has 0 spiro atoms. The van der Waals surface area contributed by atoms with Gasteiger partial charge in [-0.05, 0) is 30.5 Å². The Labute approximate surface area is 129 Å². The zero-order valence-electron chi connectivity index (χ0n) is 12.4. The molecule has 114 valence electrons. The lowest BCUT2D eigenvalue weighted by Crippen LogP contribution is -2.35. The van der Waals surface area contributed by atoms with Gasteiger partial charge in [-0.3, -0.25) is 9.59 Å². The van der Waals surface area contributed by atoms with Crippen molar-refractivity contribution in [2.45, 2.75) is 25.8 Å². The number of aldehydes is 1. The summed E-state index contributed by atoms with van der Waals surface area (Å²) in [7, 11) is 0. The molecule has 1 fully saturated rings. The van der Waals surface area contributed by atoms with E-state index in [1.807, 2.05) is 34.1 Å². The van der Waals surface area contributed by atoms with Crippen LogP contribution in [0.3, 0.4) is 0 Å². The summed E-state index contributed by atoms with van der Waals surface area (Å²) in [6.07, 6.45) is 6.89. The Balaban J connectivity index is 1.64. The second-order valence-corrected chi connectivity index (χ2v) is 5.66. The zero-order chi connectivity index (χ0) is 15.4. The fourth-order valence-corrected chi connectivity index (χ4v) is 2.80. The molecule has 0 bridgehead atoms. The number of anilines is 1. The van der Waals surface area contributed by atoms with Crippen LogP contribution in [0.25, 0.3) is 0 Å². The van der Waals surface area contributed by atoms with Gasteiger partial charge in [0.15, 0.2) is 0 Å². The van der Waals surface area contributed by atoms with Crippen LogP contribution in [0.15, 0.2) is 41.0 Å². The predicted molar refractivity (Wildman–Crippen MR) is 85.7 cm³/mol. The third-order valence-corrected chi connectivity index (χ3v) is 3.96. The van der Waals surface area contributed by atoms with E-state index in [4.69, 9.17) is 0 Å². The molecule has 1 aromatic carbocycles. The Kier molecular flexibility index (Phi) is 4.32. The second-order valence-electron chi connectivity index (χ2n) is 5.66. The van der Waals surface area contributed by atoms with Crippen molar-refractivity contribution < 1.29 is 9.59 Å². The van der Waals surface area contributed by atoms with Gasteiger partial charge in [-0.2, -0.15) is 0 Å². The first-order valence-corrected chi connectivity index (χ1v) is 7.57. The van der Waals surface area contributed by atoms with Crippen molar-refractivity contribution in [3.63, 3.8) is 0 Å². The van der Waals surface area contributed by atoms with E-state index in [1.165, 1.54) is 0 Å². The standard InChI is InChI=1S/C17H19N3O2/c21-12-15-9-18-13-19(11-15)10-14-4-6-16(7-5-14)20-8-2-1-3-17(20)22/h4-7,9,12-13H,1-3,8,10-11H2. The molecular formula is C17H19N3O2. The number of amides is 1. The van der Waals surface area contributed by atoms with Gasteiger partial charge in [0.1, 0.15) is 6.29 Å². The summed E-state index contributed by atoms with van der Waals surface area (Å²) in [5.41, 5.74) is 2.78. The van der Waals surface area contributed by atoms with Crippen LogP contribution in [-0.2, 0) is 16.1 Å².